The molecule has 36 heavy (non-hydrogen) atoms. The first-order valence-electron chi connectivity index (χ1n) is 13.5. The first kappa shape index (κ1) is 33.6. The number of carboxylic acids is 1. The second-order valence-electron chi connectivity index (χ2n) is 9.03. The summed E-state index contributed by atoms with van der Waals surface area (Å²) in [5, 5.41) is 12.2. The fourth-order valence-corrected chi connectivity index (χ4v) is 3.89. The number of carbonyl (C=O) groups excluding carboxylic acids is 4. The van der Waals surface area contributed by atoms with E-state index in [1.54, 1.807) is 0 Å². The van der Waals surface area contributed by atoms with Crippen LogP contribution in [0.25, 0.3) is 0 Å². The number of nitrogens with one attached hydrogen (secondary N) is 1. The van der Waals surface area contributed by atoms with Crippen LogP contribution in [-0.4, -0.2) is 53.7 Å². The average molecular weight is 508 g/mol. The van der Waals surface area contributed by atoms with Gasteiger partial charge < -0.3 is 15.3 Å². The minimum absolute atomic E-state index is 0.0148. The highest BCUT2D eigenvalue weighted by molar-refractivity contribution is 6.05. The van der Waals surface area contributed by atoms with Gasteiger partial charge in [0.2, 0.25) is 5.91 Å². The maximum Gasteiger partial charge on any atom is 0.333 e. The van der Waals surface area contributed by atoms with E-state index in [4.69, 9.17) is 4.84 Å². The van der Waals surface area contributed by atoms with E-state index in [1.165, 1.54) is 64.6 Å². The van der Waals surface area contributed by atoms with Crippen LogP contribution in [0, 0.1) is 0 Å². The minimum atomic E-state index is -1.25. The molecule has 1 aliphatic rings. The van der Waals surface area contributed by atoms with Crippen molar-refractivity contribution in [2.75, 3.05) is 0 Å². The molecule has 0 aromatic heterocycles. The molecule has 2 radical (unpaired) electrons. The third-order valence-corrected chi connectivity index (χ3v) is 5.98. The Morgan fingerprint density at radius 1 is 0.833 bits per heavy atom. The molecule has 1 fully saturated rings. The van der Waals surface area contributed by atoms with E-state index in [1.807, 2.05) is 0 Å². The van der Waals surface area contributed by atoms with E-state index in [9.17, 15) is 29.1 Å². The summed E-state index contributed by atoms with van der Waals surface area (Å²) in [4.78, 5) is 62.9. The highest BCUT2D eigenvalue weighted by Crippen LogP contribution is 2.14. The molecule has 204 valence electrons. The molecular weight excluding hydrogens is 463 g/mol. The highest BCUT2D eigenvalue weighted by atomic mass is 16.7. The molecule has 9 nitrogen and oxygen atoms in total. The first-order valence-corrected chi connectivity index (χ1v) is 13.5. The van der Waals surface area contributed by atoms with Crippen LogP contribution in [0.1, 0.15) is 122 Å². The van der Waals surface area contributed by atoms with Gasteiger partial charge in [0.25, 0.3) is 11.8 Å². The molecule has 1 saturated heterocycles. The van der Waals surface area contributed by atoms with Crippen LogP contribution in [0.15, 0.2) is 0 Å². The summed E-state index contributed by atoms with van der Waals surface area (Å²) in [6.45, 7) is 3.73. The van der Waals surface area contributed by atoms with Gasteiger partial charge in [-0.05, 0) is 12.8 Å². The lowest BCUT2D eigenvalue weighted by molar-refractivity contribution is -0.197. The van der Waals surface area contributed by atoms with Crippen molar-refractivity contribution in [2.45, 2.75) is 135 Å². The van der Waals surface area contributed by atoms with Crippen molar-refractivity contribution in [1.29, 1.82) is 0 Å². The molecule has 0 saturated carbocycles. The average Bonchev–Trinajstić information content (AvgIpc) is 3.17. The number of nitrogens with zero attached hydrogens (tertiary/aromatic N) is 1. The predicted molar refractivity (Wildman–Crippen MR) is 138 cm³/mol. The lowest BCUT2D eigenvalue weighted by atomic mass is 10.0. The van der Waals surface area contributed by atoms with E-state index in [0.29, 0.717) is 11.5 Å². The molecule has 10 heteroatoms. The Morgan fingerprint density at radius 2 is 1.28 bits per heavy atom. The molecule has 0 bridgehead atoms. The van der Waals surface area contributed by atoms with Crippen molar-refractivity contribution >= 4 is 37.5 Å². The predicted octanol–water partition coefficient (Wildman–Crippen LogP) is 4.63. The zero-order valence-corrected chi connectivity index (χ0v) is 22.2. The summed E-state index contributed by atoms with van der Waals surface area (Å²) in [7, 11) is 4.50. The summed E-state index contributed by atoms with van der Waals surface area (Å²) >= 11 is 0. The molecule has 1 aliphatic heterocycles. The second kappa shape index (κ2) is 21.9. The van der Waals surface area contributed by atoms with Gasteiger partial charge in [-0.3, -0.25) is 14.4 Å². The summed E-state index contributed by atoms with van der Waals surface area (Å²) in [5.74, 6) is -3.70. The quantitative estimate of drug-likeness (QED) is 0.139. The third-order valence-electron chi connectivity index (χ3n) is 5.98. The van der Waals surface area contributed by atoms with Crippen molar-refractivity contribution in [1.82, 2.24) is 10.4 Å². The molecular formula is C26H45BN2O7. The smallest absolute Gasteiger partial charge is 0.333 e. The number of carbonyl (C=O) groups is 5. The molecule has 0 aliphatic carbocycles. The van der Waals surface area contributed by atoms with Gasteiger partial charge in [0.1, 0.15) is 6.04 Å². The fraction of sp³-hybridized carbons (Fsp3) is 0.808. The highest BCUT2D eigenvalue weighted by Gasteiger charge is 2.33. The van der Waals surface area contributed by atoms with E-state index in [0.717, 1.165) is 19.3 Å². The topological polar surface area (TPSA) is 130 Å². The van der Waals surface area contributed by atoms with Crippen LogP contribution in [0.4, 0.5) is 0 Å². The Kier molecular flexibility index (Phi) is 20.4. The fourth-order valence-electron chi connectivity index (χ4n) is 3.89. The van der Waals surface area contributed by atoms with Gasteiger partial charge in [0.15, 0.2) is 0 Å². The number of aliphatic carboxylic acids is 1. The Morgan fingerprint density at radius 3 is 1.72 bits per heavy atom. The van der Waals surface area contributed by atoms with Gasteiger partial charge in [-0.1, -0.05) is 90.8 Å². The number of imide groups is 1. The van der Waals surface area contributed by atoms with Crippen LogP contribution < -0.4 is 5.32 Å². The monoisotopic (exact) mass is 508 g/mol. The molecule has 0 aromatic carbocycles. The maximum atomic E-state index is 12.1. The molecule has 0 unspecified atom stereocenters. The number of hydroxylamine groups is 2. The number of unbranched alkanes of at least 4 members (excludes halogenated alkanes) is 12. The normalized spacial score (nSPS) is 13.7. The zero-order chi connectivity index (χ0) is 27.2. The lowest BCUT2D eigenvalue weighted by Crippen LogP contribution is -2.41. The maximum absolute atomic E-state index is 12.1. The molecule has 1 heterocycles. The van der Waals surface area contributed by atoms with Crippen LogP contribution in [0.3, 0.4) is 0 Å². The zero-order valence-electron chi connectivity index (χ0n) is 22.2. The first-order chi connectivity index (χ1) is 17.3. The summed E-state index contributed by atoms with van der Waals surface area (Å²) in [5.41, 5.74) is 0. The molecule has 3 amide bonds. The van der Waals surface area contributed by atoms with E-state index >= 15 is 0 Å². The number of rotatable bonds is 20. The van der Waals surface area contributed by atoms with Gasteiger partial charge >= 0.3 is 11.9 Å². The van der Waals surface area contributed by atoms with Gasteiger partial charge in [0.05, 0.1) is 14.3 Å². The van der Waals surface area contributed by atoms with Gasteiger partial charge in [-0.2, -0.15) is 0 Å². The molecule has 0 spiro atoms. The van der Waals surface area contributed by atoms with Crippen molar-refractivity contribution < 1.29 is 33.9 Å². The van der Waals surface area contributed by atoms with Crippen molar-refractivity contribution in [3.05, 3.63) is 0 Å². The van der Waals surface area contributed by atoms with Crippen LogP contribution in [-0.2, 0) is 28.8 Å². The van der Waals surface area contributed by atoms with Crippen LogP contribution >= 0.6 is 0 Å². The summed E-state index contributed by atoms with van der Waals surface area (Å²) < 4.78 is 0. The largest absolute Gasteiger partial charge is 0.480 e. The van der Waals surface area contributed by atoms with Crippen molar-refractivity contribution in [3.63, 3.8) is 0 Å². The number of hydrogen-bond acceptors (Lipinski definition) is 6. The van der Waals surface area contributed by atoms with Gasteiger partial charge in [-0.15, -0.1) is 5.06 Å². The lowest BCUT2D eigenvalue weighted by Gasteiger charge is -2.16. The molecule has 1 rings (SSSR count). The molecule has 0 aromatic rings. The molecule has 2 N–H and O–H groups in total. The van der Waals surface area contributed by atoms with Gasteiger partial charge in [0, 0.05) is 19.3 Å². The Bertz CT molecular complexity index is 657. The Hall–Kier alpha value is -2.39. The van der Waals surface area contributed by atoms with E-state index in [-0.39, 0.29) is 38.0 Å². The molecule has 1 atom stereocenters. The SMILES string of the molecule is CCCCCCCCCCCCCCCC(=O)N[C@@H](CCC(=O)ON1C(=O)CCC1=O)C(=O)O.[B]C. The number of hydrogen-bond donors (Lipinski definition) is 2. The van der Waals surface area contributed by atoms with E-state index in [2.05, 4.69) is 20.1 Å². The van der Waals surface area contributed by atoms with Crippen molar-refractivity contribution in [3.8, 4) is 0 Å². The van der Waals surface area contributed by atoms with Gasteiger partial charge in [-0.25, -0.2) is 9.59 Å². The summed E-state index contributed by atoms with van der Waals surface area (Å²) in [6, 6.07) is -1.23. The Labute approximate surface area is 217 Å². The number of amides is 3. The van der Waals surface area contributed by atoms with Crippen molar-refractivity contribution in [2.24, 2.45) is 0 Å². The van der Waals surface area contributed by atoms with Crippen LogP contribution in [0.2, 0.25) is 6.82 Å². The number of carboxylic acid groups (broad SMARTS) is 1. The summed E-state index contributed by atoms with van der Waals surface area (Å²) in [6.07, 6.45) is 15.3. The van der Waals surface area contributed by atoms with Crippen LogP contribution in [0.5, 0.6) is 0 Å². The minimum Gasteiger partial charge on any atom is -0.480 e. The van der Waals surface area contributed by atoms with E-state index < -0.39 is 29.8 Å². The standard InChI is InChI=1S/C25H42N2O7.CH3B/c1-2-3-4-5-6-7-8-9-10-11-12-13-14-15-21(28)26-20(25(32)33)16-19-24(31)34-27-22(29)17-18-23(27)30;1-2/h20H,2-19H2,1H3,(H,26,28)(H,32,33);1H3/t20-;/m0./s1. The third kappa shape index (κ3) is 16.3. The second-order valence-corrected chi connectivity index (χ2v) is 9.03. The Balaban J connectivity index is 0.00000596.